The topological polar surface area (TPSA) is 17.1 Å². The first-order valence-electron chi connectivity index (χ1n) is 4.96. The number of hydrogen-bond acceptors (Lipinski definition) is 2. The maximum Gasteiger partial charge on any atom is 0.188 e. The third-order valence-electron chi connectivity index (χ3n) is 1.79. The van der Waals surface area contributed by atoms with Crippen molar-refractivity contribution in [3.63, 3.8) is 0 Å². The number of carbonyl (C=O) groups is 1. The minimum absolute atomic E-state index is 0.369. The van der Waals surface area contributed by atoms with E-state index in [0.717, 1.165) is 18.6 Å². The Morgan fingerprint density at radius 3 is 2.33 bits per heavy atom. The van der Waals surface area contributed by atoms with Crippen molar-refractivity contribution in [3.8, 4) is 0 Å². The van der Waals surface area contributed by atoms with E-state index in [1.54, 1.807) is 0 Å². The number of hydrogen-bond donors (Lipinski definition) is 0. The number of carbonyl (C=O) groups excluding carboxylic acids is 1. The van der Waals surface area contributed by atoms with Gasteiger partial charge in [0.2, 0.25) is 0 Å². The second-order valence-electron chi connectivity index (χ2n) is 2.97. The molecule has 0 saturated heterocycles. The van der Waals surface area contributed by atoms with Gasteiger partial charge in [-0.05, 0) is 12.2 Å². The molecule has 0 amide bonds. The molecule has 72 valence electrons. The number of unbranched alkanes of at least 4 members (excludes halogenated alkanes) is 4. The molecule has 0 unspecified atom stereocenters. The van der Waals surface area contributed by atoms with E-state index in [2.05, 4.69) is 6.92 Å². The lowest BCUT2D eigenvalue weighted by Crippen LogP contribution is -1.91. The zero-order valence-electron chi connectivity index (χ0n) is 8.27. The van der Waals surface area contributed by atoms with Crippen LogP contribution in [0, 0.1) is 0 Å². The van der Waals surface area contributed by atoms with E-state index < -0.39 is 0 Å². The van der Waals surface area contributed by atoms with E-state index in [9.17, 15) is 4.79 Å². The summed E-state index contributed by atoms with van der Waals surface area (Å²) in [6.07, 6.45) is 6.98. The fourth-order valence-electron chi connectivity index (χ4n) is 1.11. The smallest absolute Gasteiger partial charge is 0.188 e. The van der Waals surface area contributed by atoms with E-state index in [4.69, 9.17) is 0 Å². The van der Waals surface area contributed by atoms with Crippen molar-refractivity contribution in [1.82, 2.24) is 0 Å². The van der Waals surface area contributed by atoms with Crippen molar-refractivity contribution < 1.29 is 4.79 Å². The SMILES string of the molecule is CCCCCCCC(=O)SCC. The molecule has 0 aromatic heterocycles. The van der Waals surface area contributed by atoms with E-state index in [1.807, 2.05) is 6.92 Å². The molecule has 0 radical (unpaired) electrons. The van der Waals surface area contributed by atoms with Gasteiger partial charge in [-0.1, -0.05) is 51.3 Å². The van der Waals surface area contributed by atoms with Gasteiger partial charge in [0.05, 0.1) is 0 Å². The van der Waals surface area contributed by atoms with Gasteiger partial charge >= 0.3 is 0 Å². The lowest BCUT2D eigenvalue weighted by Gasteiger charge is -1.98. The fourth-order valence-corrected chi connectivity index (χ4v) is 1.72. The molecule has 0 spiro atoms. The van der Waals surface area contributed by atoms with Crippen LogP contribution in [-0.4, -0.2) is 10.9 Å². The highest BCUT2D eigenvalue weighted by Crippen LogP contribution is 2.10. The number of thioether (sulfide) groups is 1. The summed E-state index contributed by atoms with van der Waals surface area (Å²) in [5.74, 6) is 0.924. The molecular weight excluding hydrogens is 168 g/mol. The summed E-state index contributed by atoms with van der Waals surface area (Å²) in [5.41, 5.74) is 0. The quantitative estimate of drug-likeness (QED) is 0.567. The molecule has 0 aromatic carbocycles. The standard InChI is InChI=1S/C10H20OS/c1-3-5-6-7-8-9-10(11)12-4-2/h3-9H2,1-2H3. The molecular formula is C10H20OS. The Labute approximate surface area is 80.3 Å². The van der Waals surface area contributed by atoms with Gasteiger partial charge in [-0.15, -0.1) is 0 Å². The minimum Gasteiger partial charge on any atom is -0.287 e. The van der Waals surface area contributed by atoms with E-state index in [1.165, 1.54) is 37.4 Å². The first-order valence-corrected chi connectivity index (χ1v) is 5.95. The van der Waals surface area contributed by atoms with Crippen LogP contribution in [0.15, 0.2) is 0 Å². The van der Waals surface area contributed by atoms with Crippen LogP contribution < -0.4 is 0 Å². The summed E-state index contributed by atoms with van der Waals surface area (Å²) in [7, 11) is 0. The summed E-state index contributed by atoms with van der Waals surface area (Å²) in [5, 5.41) is 0.369. The van der Waals surface area contributed by atoms with Crippen LogP contribution in [0.3, 0.4) is 0 Å². The summed E-state index contributed by atoms with van der Waals surface area (Å²) in [6, 6.07) is 0. The van der Waals surface area contributed by atoms with Crippen molar-refractivity contribution in [2.24, 2.45) is 0 Å². The molecule has 0 aliphatic carbocycles. The van der Waals surface area contributed by atoms with E-state index in [-0.39, 0.29) is 0 Å². The van der Waals surface area contributed by atoms with Gasteiger partial charge in [-0.2, -0.15) is 0 Å². The number of rotatable bonds is 7. The Hall–Kier alpha value is 0.0200. The Balaban J connectivity index is 3.03. The fraction of sp³-hybridized carbons (Fsp3) is 0.900. The Morgan fingerprint density at radius 1 is 1.08 bits per heavy atom. The molecule has 0 saturated carbocycles. The maximum absolute atomic E-state index is 11.0. The second kappa shape index (κ2) is 9.11. The van der Waals surface area contributed by atoms with Gasteiger partial charge in [-0.3, -0.25) is 4.79 Å². The Bertz CT molecular complexity index is 112. The molecule has 0 fully saturated rings. The maximum atomic E-state index is 11.0. The Kier molecular flexibility index (Phi) is 9.13. The zero-order valence-corrected chi connectivity index (χ0v) is 9.08. The van der Waals surface area contributed by atoms with Gasteiger partial charge in [0.25, 0.3) is 0 Å². The molecule has 12 heavy (non-hydrogen) atoms. The average molecular weight is 188 g/mol. The summed E-state index contributed by atoms with van der Waals surface area (Å²) in [4.78, 5) is 11.0. The van der Waals surface area contributed by atoms with Crippen molar-refractivity contribution in [2.75, 3.05) is 5.75 Å². The van der Waals surface area contributed by atoms with Crippen molar-refractivity contribution in [1.29, 1.82) is 0 Å². The summed E-state index contributed by atoms with van der Waals surface area (Å²) >= 11 is 1.46. The summed E-state index contributed by atoms with van der Waals surface area (Å²) < 4.78 is 0. The van der Waals surface area contributed by atoms with E-state index >= 15 is 0 Å². The Morgan fingerprint density at radius 2 is 1.75 bits per heavy atom. The van der Waals surface area contributed by atoms with Gasteiger partial charge in [0.1, 0.15) is 0 Å². The normalized spacial score (nSPS) is 10.2. The lowest BCUT2D eigenvalue weighted by molar-refractivity contribution is -0.111. The molecule has 0 aliphatic rings. The molecule has 0 N–H and O–H groups in total. The second-order valence-corrected chi connectivity index (χ2v) is 4.29. The molecule has 1 nitrogen and oxygen atoms in total. The van der Waals surface area contributed by atoms with Gasteiger partial charge in [-0.25, -0.2) is 0 Å². The predicted molar refractivity (Wildman–Crippen MR) is 56.5 cm³/mol. The molecule has 0 aromatic rings. The van der Waals surface area contributed by atoms with Crippen molar-refractivity contribution >= 4 is 16.9 Å². The summed E-state index contributed by atoms with van der Waals surface area (Å²) in [6.45, 7) is 4.23. The van der Waals surface area contributed by atoms with Crippen LogP contribution in [0.4, 0.5) is 0 Å². The molecule has 0 bridgehead atoms. The van der Waals surface area contributed by atoms with Gasteiger partial charge in [0, 0.05) is 6.42 Å². The zero-order chi connectivity index (χ0) is 9.23. The minimum atomic E-state index is 0.369. The lowest BCUT2D eigenvalue weighted by atomic mass is 10.1. The largest absolute Gasteiger partial charge is 0.287 e. The third-order valence-corrected chi connectivity index (χ3v) is 2.60. The highest BCUT2D eigenvalue weighted by atomic mass is 32.2. The van der Waals surface area contributed by atoms with Crippen LogP contribution in [0.1, 0.15) is 52.4 Å². The van der Waals surface area contributed by atoms with Crippen molar-refractivity contribution in [3.05, 3.63) is 0 Å². The molecule has 0 heterocycles. The predicted octanol–water partition coefficient (Wildman–Crippen LogP) is 3.63. The average Bonchev–Trinajstić information content (AvgIpc) is 2.05. The first-order chi connectivity index (χ1) is 5.81. The third kappa shape index (κ3) is 8.12. The molecule has 0 atom stereocenters. The molecule has 0 rings (SSSR count). The first kappa shape index (κ1) is 12.0. The molecule has 2 heteroatoms. The monoisotopic (exact) mass is 188 g/mol. The van der Waals surface area contributed by atoms with E-state index in [0.29, 0.717) is 5.12 Å². The van der Waals surface area contributed by atoms with Gasteiger partial charge in [0.15, 0.2) is 5.12 Å². The molecule has 0 aliphatic heterocycles. The highest BCUT2D eigenvalue weighted by molar-refractivity contribution is 8.13. The van der Waals surface area contributed by atoms with Crippen LogP contribution >= 0.6 is 11.8 Å². The van der Waals surface area contributed by atoms with Crippen LogP contribution in [0.25, 0.3) is 0 Å². The van der Waals surface area contributed by atoms with Crippen LogP contribution in [0.2, 0.25) is 0 Å². The van der Waals surface area contributed by atoms with Crippen LogP contribution in [-0.2, 0) is 4.79 Å². The van der Waals surface area contributed by atoms with Gasteiger partial charge < -0.3 is 0 Å². The van der Waals surface area contributed by atoms with Crippen LogP contribution in [0.5, 0.6) is 0 Å². The highest BCUT2D eigenvalue weighted by Gasteiger charge is 1.99. The van der Waals surface area contributed by atoms with Crippen molar-refractivity contribution in [2.45, 2.75) is 52.4 Å².